The van der Waals surface area contributed by atoms with Crippen LogP contribution in [0.1, 0.15) is 32.8 Å². The molecule has 1 rings (SSSR count). The van der Waals surface area contributed by atoms with Crippen LogP contribution in [0.15, 0.2) is 18.2 Å². The first-order chi connectivity index (χ1) is 8.50. The fourth-order valence-corrected chi connectivity index (χ4v) is 1.67. The van der Waals surface area contributed by atoms with Gasteiger partial charge in [-0.3, -0.25) is 0 Å². The molecule has 0 heterocycles. The molecule has 0 radical (unpaired) electrons. The van der Waals surface area contributed by atoms with Crippen molar-refractivity contribution in [1.82, 2.24) is 5.32 Å². The van der Waals surface area contributed by atoms with Gasteiger partial charge in [-0.2, -0.15) is 0 Å². The Balaban J connectivity index is 2.35. The van der Waals surface area contributed by atoms with E-state index in [0.717, 1.165) is 19.5 Å². The number of hydrogen-bond acceptors (Lipinski definition) is 2. The summed E-state index contributed by atoms with van der Waals surface area (Å²) in [4.78, 5) is 0. The molecule has 0 fully saturated rings. The second-order valence-electron chi connectivity index (χ2n) is 5.20. The van der Waals surface area contributed by atoms with E-state index >= 15 is 0 Å². The predicted molar refractivity (Wildman–Crippen MR) is 73.6 cm³/mol. The molecular formula is C15H24FNO. The molecule has 0 aromatic heterocycles. The van der Waals surface area contributed by atoms with Crippen molar-refractivity contribution in [3.8, 4) is 5.75 Å². The van der Waals surface area contributed by atoms with E-state index in [-0.39, 0.29) is 11.9 Å². The Bertz CT molecular complexity index is 366. The number of benzene rings is 1. The second-order valence-corrected chi connectivity index (χ2v) is 5.20. The summed E-state index contributed by atoms with van der Waals surface area (Å²) in [5.74, 6) is 0.780. The lowest BCUT2D eigenvalue weighted by atomic mass is 10.1. The summed E-state index contributed by atoms with van der Waals surface area (Å²) in [7, 11) is 0. The van der Waals surface area contributed by atoms with Gasteiger partial charge in [-0.25, -0.2) is 4.39 Å². The molecule has 3 heteroatoms. The molecule has 0 aliphatic heterocycles. The van der Waals surface area contributed by atoms with Crippen LogP contribution in [-0.2, 0) is 0 Å². The average molecular weight is 253 g/mol. The Morgan fingerprint density at radius 3 is 2.67 bits per heavy atom. The van der Waals surface area contributed by atoms with E-state index in [0.29, 0.717) is 17.2 Å². The zero-order valence-corrected chi connectivity index (χ0v) is 11.8. The first-order valence-corrected chi connectivity index (χ1v) is 6.63. The summed E-state index contributed by atoms with van der Waals surface area (Å²) < 4.78 is 19.3. The Labute approximate surface area is 110 Å². The van der Waals surface area contributed by atoms with Crippen LogP contribution in [-0.4, -0.2) is 19.2 Å². The molecule has 0 saturated carbocycles. The summed E-state index contributed by atoms with van der Waals surface area (Å²) in [6, 6.07) is 5.23. The van der Waals surface area contributed by atoms with Crippen molar-refractivity contribution in [3.05, 3.63) is 29.6 Å². The third-order valence-electron chi connectivity index (χ3n) is 2.81. The Kier molecular flexibility index (Phi) is 6.13. The summed E-state index contributed by atoms with van der Waals surface area (Å²) in [5.41, 5.74) is 0.618. The standard InChI is InChI=1S/C15H24FNO/c1-11(2)8-9-17-10-13(4)18-14-7-5-6-12(3)15(14)16/h5-7,11,13,17H,8-10H2,1-4H3. The third kappa shape index (κ3) is 5.05. The minimum Gasteiger partial charge on any atom is -0.486 e. The van der Waals surface area contributed by atoms with Crippen molar-refractivity contribution in [2.45, 2.75) is 40.2 Å². The SMILES string of the molecule is Cc1cccc(OC(C)CNCCC(C)C)c1F. The van der Waals surface area contributed by atoms with Crippen LogP contribution >= 0.6 is 0 Å². The third-order valence-corrected chi connectivity index (χ3v) is 2.81. The molecule has 0 aliphatic carbocycles. The van der Waals surface area contributed by atoms with Crippen molar-refractivity contribution >= 4 is 0 Å². The lowest BCUT2D eigenvalue weighted by molar-refractivity contribution is 0.207. The number of nitrogens with one attached hydrogen (secondary N) is 1. The highest BCUT2D eigenvalue weighted by Gasteiger charge is 2.09. The molecule has 1 atom stereocenters. The highest BCUT2D eigenvalue weighted by molar-refractivity contribution is 5.30. The zero-order chi connectivity index (χ0) is 13.5. The van der Waals surface area contributed by atoms with Crippen LogP contribution in [0.2, 0.25) is 0 Å². The molecule has 102 valence electrons. The van der Waals surface area contributed by atoms with Crippen molar-refractivity contribution in [1.29, 1.82) is 0 Å². The molecule has 2 nitrogen and oxygen atoms in total. The second kappa shape index (κ2) is 7.37. The number of aryl methyl sites for hydroxylation is 1. The number of halogens is 1. The van der Waals surface area contributed by atoms with Crippen molar-refractivity contribution < 1.29 is 9.13 Å². The highest BCUT2D eigenvalue weighted by Crippen LogP contribution is 2.20. The average Bonchev–Trinajstić information content (AvgIpc) is 2.30. The molecule has 1 aromatic carbocycles. The molecule has 0 spiro atoms. The van der Waals surface area contributed by atoms with Crippen LogP contribution in [0.5, 0.6) is 5.75 Å². The van der Waals surface area contributed by atoms with Crippen LogP contribution in [0.4, 0.5) is 4.39 Å². The highest BCUT2D eigenvalue weighted by atomic mass is 19.1. The van der Waals surface area contributed by atoms with Gasteiger partial charge in [-0.1, -0.05) is 26.0 Å². The van der Waals surface area contributed by atoms with Crippen LogP contribution < -0.4 is 10.1 Å². The number of rotatable bonds is 7. The summed E-state index contributed by atoms with van der Waals surface area (Å²) in [5, 5.41) is 3.32. The molecule has 0 saturated heterocycles. The quantitative estimate of drug-likeness (QED) is 0.750. The fourth-order valence-electron chi connectivity index (χ4n) is 1.67. The number of ether oxygens (including phenoxy) is 1. The molecule has 0 bridgehead atoms. The van der Waals surface area contributed by atoms with E-state index < -0.39 is 0 Å². The van der Waals surface area contributed by atoms with E-state index in [1.54, 1.807) is 19.1 Å². The van der Waals surface area contributed by atoms with Gasteiger partial charge in [0.15, 0.2) is 11.6 Å². The Morgan fingerprint density at radius 1 is 1.28 bits per heavy atom. The van der Waals surface area contributed by atoms with E-state index in [4.69, 9.17) is 4.74 Å². The van der Waals surface area contributed by atoms with Crippen LogP contribution in [0.3, 0.4) is 0 Å². The molecular weight excluding hydrogens is 229 g/mol. The van der Waals surface area contributed by atoms with E-state index in [2.05, 4.69) is 19.2 Å². The van der Waals surface area contributed by atoms with Gasteiger partial charge in [0.05, 0.1) is 0 Å². The van der Waals surface area contributed by atoms with E-state index in [1.165, 1.54) is 0 Å². The molecule has 1 N–H and O–H groups in total. The van der Waals surface area contributed by atoms with Crippen molar-refractivity contribution in [2.75, 3.05) is 13.1 Å². The molecule has 1 unspecified atom stereocenters. The van der Waals surface area contributed by atoms with E-state index in [9.17, 15) is 4.39 Å². The van der Waals surface area contributed by atoms with Gasteiger partial charge in [-0.15, -0.1) is 0 Å². The smallest absolute Gasteiger partial charge is 0.167 e. The van der Waals surface area contributed by atoms with Gasteiger partial charge in [0.1, 0.15) is 6.10 Å². The molecule has 0 aliphatic rings. The monoisotopic (exact) mass is 253 g/mol. The Hall–Kier alpha value is -1.09. The van der Waals surface area contributed by atoms with Crippen LogP contribution in [0, 0.1) is 18.7 Å². The van der Waals surface area contributed by atoms with Crippen molar-refractivity contribution in [3.63, 3.8) is 0 Å². The molecule has 0 amide bonds. The Morgan fingerprint density at radius 2 is 2.00 bits per heavy atom. The molecule has 1 aromatic rings. The zero-order valence-electron chi connectivity index (χ0n) is 11.8. The lowest BCUT2D eigenvalue weighted by Gasteiger charge is -2.17. The van der Waals surface area contributed by atoms with Gasteiger partial charge < -0.3 is 10.1 Å². The summed E-state index contributed by atoms with van der Waals surface area (Å²) >= 11 is 0. The normalized spacial score (nSPS) is 12.8. The van der Waals surface area contributed by atoms with Crippen molar-refractivity contribution in [2.24, 2.45) is 5.92 Å². The maximum Gasteiger partial charge on any atom is 0.167 e. The van der Waals surface area contributed by atoms with Crippen LogP contribution in [0.25, 0.3) is 0 Å². The van der Waals surface area contributed by atoms with Gasteiger partial charge >= 0.3 is 0 Å². The molecule has 18 heavy (non-hydrogen) atoms. The van der Waals surface area contributed by atoms with Gasteiger partial charge in [0.2, 0.25) is 0 Å². The van der Waals surface area contributed by atoms with Gasteiger partial charge in [0, 0.05) is 6.54 Å². The summed E-state index contributed by atoms with van der Waals surface area (Å²) in [6.07, 6.45) is 1.11. The fraction of sp³-hybridized carbons (Fsp3) is 0.600. The maximum atomic E-state index is 13.7. The number of hydrogen-bond donors (Lipinski definition) is 1. The lowest BCUT2D eigenvalue weighted by Crippen LogP contribution is -2.30. The van der Waals surface area contributed by atoms with E-state index in [1.807, 2.05) is 13.0 Å². The first-order valence-electron chi connectivity index (χ1n) is 6.63. The van der Waals surface area contributed by atoms with Gasteiger partial charge in [-0.05, 0) is 44.4 Å². The first kappa shape index (κ1) is 15.0. The predicted octanol–water partition coefficient (Wildman–Crippen LogP) is 3.54. The minimum atomic E-state index is -0.258. The maximum absolute atomic E-state index is 13.7. The van der Waals surface area contributed by atoms with Gasteiger partial charge in [0.25, 0.3) is 0 Å². The summed E-state index contributed by atoms with van der Waals surface area (Å²) in [6.45, 7) is 9.80. The topological polar surface area (TPSA) is 21.3 Å². The largest absolute Gasteiger partial charge is 0.486 e. The minimum absolute atomic E-state index is 0.0338.